The lowest BCUT2D eigenvalue weighted by molar-refractivity contribution is -0.384. The largest absolute Gasteiger partial charge is 0.379 e. The fraction of sp³-hybridized carbons (Fsp3) is 0.467. The van der Waals surface area contributed by atoms with Crippen LogP contribution in [-0.2, 0) is 6.42 Å². The molecule has 0 saturated carbocycles. The molecule has 0 bridgehead atoms. The van der Waals surface area contributed by atoms with Crippen LogP contribution in [0.1, 0.15) is 17.8 Å². The van der Waals surface area contributed by atoms with Gasteiger partial charge in [0.05, 0.1) is 11.0 Å². The molecular weight excluding hydrogens is 348 g/mol. The van der Waals surface area contributed by atoms with E-state index in [1.807, 2.05) is 7.05 Å². The van der Waals surface area contributed by atoms with E-state index in [-0.39, 0.29) is 24.1 Å². The number of para-hydroxylation sites is 2. The molecule has 1 saturated heterocycles. The third kappa shape index (κ3) is 4.65. The monoisotopic (exact) mass is 368 g/mol. The van der Waals surface area contributed by atoms with Crippen molar-refractivity contribution < 1.29 is 9.45 Å². The number of piperazine rings is 1. The van der Waals surface area contributed by atoms with Crippen LogP contribution in [0.15, 0.2) is 28.8 Å². The van der Waals surface area contributed by atoms with Crippen molar-refractivity contribution in [2.75, 3.05) is 38.5 Å². The average Bonchev–Trinajstić information content (AvgIpc) is 3.04. The number of benzene rings is 1. The van der Waals surface area contributed by atoms with Crippen molar-refractivity contribution >= 4 is 23.8 Å². The maximum absolute atomic E-state index is 11.0. The second-order valence-electron chi connectivity index (χ2n) is 5.70. The van der Waals surface area contributed by atoms with E-state index in [9.17, 15) is 10.1 Å². The number of halogens is 1. The van der Waals surface area contributed by atoms with E-state index in [1.165, 1.54) is 6.07 Å². The number of hydrogen-bond donors (Lipinski definition) is 2. The van der Waals surface area contributed by atoms with E-state index in [1.54, 1.807) is 18.2 Å². The minimum absolute atomic E-state index is 0. The fourth-order valence-corrected chi connectivity index (χ4v) is 2.69. The molecule has 1 aliphatic heterocycles. The van der Waals surface area contributed by atoms with Gasteiger partial charge in [-0.3, -0.25) is 15.0 Å². The first-order valence-electron chi connectivity index (χ1n) is 7.86. The second-order valence-corrected chi connectivity index (χ2v) is 5.70. The summed E-state index contributed by atoms with van der Waals surface area (Å²) in [6.07, 6.45) is 0.503. The summed E-state index contributed by atoms with van der Waals surface area (Å²) in [6, 6.07) is 6.66. The van der Waals surface area contributed by atoms with Gasteiger partial charge in [0.25, 0.3) is 5.69 Å². The number of nitro benzene ring substituents is 1. The predicted molar refractivity (Wildman–Crippen MR) is 95.1 cm³/mol. The van der Waals surface area contributed by atoms with Crippen molar-refractivity contribution in [2.24, 2.45) is 0 Å². The SMILES string of the molecule is CN1CCNCC1c1noc(CCNc2ccccc2[N+](=O)[O-])n1.Cl. The van der Waals surface area contributed by atoms with Gasteiger partial charge in [0.15, 0.2) is 5.82 Å². The standard InChI is InChI=1S/C15H20N6O3.ClH/c1-20-9-8-16-10-13(20)15-18-14(24-19-15)6-7-17-11-4-2-3-5-12(11)21(22)23;/h2-5,13,16-17H,6-10H2,1H3;1H. The van der Waals surface area contributed by atoms with Gasteiger partial charge in [0.1, 0.15) is 5.69 Å². The smallest absolute Gasteiger partial charge is 0.292 e. The van der Waals surface area contributed by atoms with Gasteiger partial charge in [-0.25, -0.2) is 0 Å². The lowest BCUT2D eigenvalue weighted by Crippen LogP contribution is -2.44. The highest BCUT2D eigenvalue weighted by molar-refractivity contribution is 5.85. The molecule has 1 atom stereocenters. The highest BCUT2D eigenvalue weighted by Crippen LogP contribution is 2.23. The molecule has 3 rings (SSSR count). The molecule has 0 radical (unpaired) electrons. The molecule has 9 nitrogen and oxygen atoms in total. The van der Waals surface area contributed by atoms with Crippen LogP contribution in [0.25, 0.3) is 0 Å². The van der Waals surface area contributed by atoms with Gasteiger partial charge < -0.3 is 15.2 Å². The molecule has 1 fully saturated rings. The van der Waals surface area contributed by atoms with Gasteiger partial charge in [0, 0.05) is 38.7 Å². The molecule has 10 heteroatoms. The lowest BCUT2D eigenvalue weighted by atomic mass is 10.2. The third-order valence-electron chi connectivity index (χ3n) is 4.05. The summed E-state index contributed by atoms with van der Waals surface area (Å²) in [5.74, 6) is 1.19. The average molecular weight is 369 g/mol. The van der Waals surface area contributed by atoms with E-state index in [4.69, 9.17) is 4.52 Å². The number of nitrogens with zero attached hydrogens (tertiary/aromatic N) is 4. The van der Waals surface area contributed by atoms with Gasteiger partial charge >= 0.3 is 0 Å². The fourth-order valence-electron chi connectivity index (χ4n) is 2.69. The summed E-state index contributed by atoms with van der Waals surface area (Å²) in [5.41, 5.74) is 0.539. The van der Waals surface area contributed by atoms with E-state index >= 15 is 0 Å². The number of nitro groups is 1. The zero-order valence-electron chi connectivity index (χ0n) is 13.8. The molecule has 0 spiro atoms. The van der Waals surface area contributed by atoms with Crippen LogP contribution in [0.4, 0.5) is 11.4 Å². The van der Waals surface area contributed by atoms with E-state index in [0.717, 1.165) is 19.6 Å². The second kappa shape index (κ2) is 8.75. The van der Waals surface area contributed by atoms with Crippen molar-refractivity contribution in [3.8, 4) is 0 Å². The number of nitrogens with one attached hydrogen (secondary N) is 2. The van der Waals surface area contributed by atoms with Crippen LogP contribution in [0.5, 0.6) is 0 Å². The summed E-state index contributed by atoms with van der Waals surface area (Å²) < 4.78 is 5.29. The third-order valence-corrected chi connectivity index (χ3v) is 4.05. The number of anilines is 1. The highest BCUT2D eigenvalue weighted by atomic mass is 35.5. The Morgan fingerprint density at radius 3 is 3.04 bits per heavy atom. The molecule has 2 heterocycles. The summed E-state index contributed by atoms with van der Waals surface area (Å²) >= 11 is 0. The Labute approximate surface area is 151 Å². The Morgan fingerprint density at radius 2 is 2.28 bits per heavy atom. The molecule has 136 valence electrons. The predicted octanol–water partition coefficient (Wildman–Crippen LogP) is 1.63. The summed E-state index contributed by atoms with van der Waals surface area (Å²) in [5, 5.41) is 21.4. The zero-order chi connectivity index (χ0) is 16.9. The summed E-state index contributed by atoms with van der Waals surface area (Å²) in [4.78, 5) is 17.2. The van der Waals surface area contributed by atoms with E-state index in [2.05, 4.69) is 25.7 Å². The zero-order valence-corrected chi connectivity index (χ0v) is 14.7. The maximum atomic E-state index is 11.0. The highest BCUT2D eigenvalue weighted by Gasteiger charge is 2.25. The first-order chi connectivity index (χ1) is 11.6. The Morgan fingerprint density at radius 1 is 1.48 bits per heavy atom. The Bertz CT molecular complexity index is 710. The number of likely N-dealkylation sites (N-methyl/N-ethyl adjacent to an activating group) is 1. The molecular formula is C15H21ClN6O3. The van der Waals surface area contributed by atoms with E-state index in [0.29, 0.717) is 30.4 Å². The number of aromatic nitrogens is 2. The normalized spacial score (nSPS) is 17.7. The summed E-state index contributed by atoms with van der Waals surface area (Å²) in [7, 11) is 2.04. The van der Waals surface area contributed by atoms with Crippen molar-refractivity contribution in [1.82, 2.24) is 20.4 Å². The molecule has 2 aromatic rings. The van der Waals surface area contributed by atoms with Crippen molar-refractivity contribution in [2.45, 2.75) is 12.5 Å². The molecule has 0 aliphatic carbocycles. The van der Waals surface area contributed by atoms with Crippen LogP contribution in [-0.4, -0.2) is 53.2 Å². The van der Waals surface area contributed by atoms with Gasteiger partial charge in [-0.2, -0.15) is 4.98 Å². The van der Waals surface area contributed by atoms with Gasteiger partial charge in [-0.15, -0.1) is 12.4 Å². The van der Waals surface area contributed by atoms with Crippen LogP contribution < -0.4 is 10.6 Å². The molecule has 1 aliphatic rings. The molecule has 1 unspecified atom stereocenters. The van der Waals surface area contributed by atoms with Gasteiger partial charge in [-0.1, -0.05) is 17.3 Å². The Balaban J connectivity index is 0.00000225. The minimum atomic E-state index is -0.404. The van der Waals surface area contributed by atoms with Crippen LogP contribution in [0.2, 0.25) is 0 Å². The number of hydrogen-bond acceptors (Lipinski definition) is 8. The molecule has 0 amide bonds. The Kier molecular flexibility index (Phi) is 6.68. The number of rotatable bonds is 6. The first kappa shape index (κ1) is 19.1. The molecule has 1 aromatic carbocycles. The van der Waals surface area contributed by atoms with Crippen molar-refractivity contribution in [3.05, 3.63) is 46.1 Å². The molecule has 25 heavy (non-hydrogen) atoms. The Hall–Kier alpha value is -2.23. The van der Waals surface area contributed by atoms with Gasteiger partial charge in [0.2, 0.25) is 5.89 Å². The van der Waals surface area contributed by atoms with Crippen molar-refractivity contribution in [3.63, 3.8) is 0 Å². The van der Waals surface area contributed by atoms with Crippen LogP contribution >= 0.6 is 12.4 Å². The van der Waals surface area contributed by atoms with Crippen LogP contribution in [0, 0.1) is 10.1 Å². The molecule has 2 N–H and O–H groups in total. The topological polar surface area (TPSA) is 109 Å². The first-order valence-corrected chi connectivity index (χ1v) is 7.86. The van der Waals surface area contributed by atoms with E-state index < -0.39 is 4.92 Å². The minimum Gasteiger partial charge on any atom is -0.379 e. The summed E-state index contributed by atoms with van der Waals surface area (Å²) in [6.45, 7) is 3.17. The van der Waals surface area contributed by atoms with Crippen molar-refractivity contribution in [1.29, 1.82) is 0 Å². The molecule has 1 aromatic heterocycles. The van der Waals surface area contributed by atoms with Gasteiger partial charge in [-0.05, 0) is 13.1 Å². The van der Waals surface area contributed by atoms with Crippen LogP contribution in [0.3, 0.4) is 0 Å². The maximum Gasteiger partial charge on any atom is 0.292 e. The lowest BCUT2D eigenvalue weighted by Gasteiger charge is -2.30. The quantitative estimate of drug-likeness (QED) is 0.585.